The van der Waals surface area contributed by atoms with E-state index in [1.165, 1.54) is 31.3 Å². The van der Waals surface area contributed by atoms with Gasteiger partial charge < -0.3 is 19.5 Å². The lowest BCUT2D eigenvalue weighted by molar-refractivity contribution is -0.112. The van der Waals surface area contributed by atoms with Crippen molar-refractivity contribution in [3.63, 3.8) is 0 Å². The van der Waals surface area contributed by atoms with E-state index in [1.807, 2.05) is 0 Å². The molecule has 0 aliphatic carbocycles. The lowest BCUT2D eigenvalue weighted by Crippen LogP contribution is -2.29. The lowest BCUT2D eigenvalue weighted by Gasteiger charge is -2.12. The normalized spacial score (nSPS) is 10.9. The molecule has 1 aromatic heterocycles. The molecule has 0 aliphatic rings. The number of hydrogen-bond donors (Lipinski definition) is 2. The van der Waals surface area contributed by atoms with Crippen LogP contribution in [0.5, 0.6) is 0 Å². The molecule has 6 nitrogen and oxygen atoms in total. The monoisotopic (exact) mass is 200 g/mol. The van der Waals surface area contributed by atoms with E-state index >= 15 is 0 Å². The molecule has 0 aromatic carbocycles. The Labute approximate surface area is 82.2 Å². The average molecular weight is 200 g/mol. The van der Waals surface area contributed by atoms with E-state index in [1.54, 1.807) is 0 Å². The van der Waals surface area contributed by atoms with Gasteiger partial charge >= 0.3 is 7.12 Å². The van der Waals surface area contributed by atoms with E-state index in [9.17, 15) is 0 Å². The van der Waals surface area contributed by atoms with Crippen LogP contribution < -0.4 is 5.46 Å². The van der Waals surface area contributed by atoms with Crippen molar-refractivity contribution in [2.45, 2.75) is 12.8 Å². The second-order valence-corrected chi connectivity index (χ2v) is 2.77. The summed E-state index contributed by atoms with van der Waals surface area (Å²) in [5, 5.41) is 21.6. The minimum Gasteiger partial charge on any atom is -0.423 e. The van der Waals surface area contributed by atoms with Crippen LogP contribution in [-0.4, -0.2) is 47.5 Å². The Morgan fingerprint density at radius 3 is 2.57 bits per heavy atom. The van der Waals surface area contributed by atoms with E-state index in [-0.39, 0.29) is 0 Å². The molecule has 1 aromatic rings. The van der Waals surface area contributed by atoms with Gasteiger partial charge in [-0.05, 0) is 0 Å². The SMILES string of the molecule is COC(Cn1cc(B(O)O)cn1)OC. The molecule has 7 heteroatoms. The zero-order chi connectivity index (χ0) is 10.6. The Morgan fingerprint density at radius 1 is 1.50 bits per heavy atom. The molecule has 0 saturated heterocycles. The van der Waals surface area contributed by atoms with Gasteiger partial charge in [0, 0.05) is 32.1 Å². The summed E-state index contributed by atoms with van der Waals surface area (Å²) in [6, 6.07) is 0. The molecule has 0 saturated carbocycles. The minimum atomic E-state index is -1.49. The number of nitrogens with zero attached hydrogens (tertiary/aromatic N) is 2. The van der Waals surface area contributed by atoms with E-state index in [0.717, 1.165) is 0 Å². The van der Waals surface area contributed by atoms with Crippen LogP contribution in [0.1, 0.15) is 0 Å². The zero-order valence-corrected chi connectivity index (χ0v) is 8.12. The van der Waals surface area contributed by atoms with E-state index < -0.39 is 13.4 Å². The van der Waals surface area contributed by atoms with Gasteiger partial charge in [0.25, 0.3) is 0 Å². The van der Waals surface area contributed by atoms with Gasteiger partial charge in [0.1, 0.15) is 0 Å². The Kier molecular flexibility index (Phi) is 4.08. The van der Waals surface area contributed by atoms with Crippen molar-refractivity contribution in [2.75, 3.05) is 14.2 Å². The van der Waals surface area contributed by atoms with Gasteiger partial charge in [-0.2, -0.15) is 5.10 Å². The molecule has 0 fully saturated rings. The largest absolute Gasteiger partial charge is 0.491 e. The maximum atomic E-state index is 8.83. The summed E-state index contributed by atoms with van der Waals surface area (Å²) in [6.45, 7) is 0.403. The van der Waals surface area contributed by atoms with Crippen molar-refractivity contribution in [3.05, 3.63) is 12.4 Å². The molecule has 2 N–H and O–H groups in total. The van der Waals surface area contributed by atoms with Gasteiger partial charge in [-0.1, -0.05) is 0 Å². The Bertz CT molecular complexity index is 274. The second kappa shape index (κ2) is 5.11. The van der Waals surface area contributed by atoms with Crippen LogP contribution in [0.4, 0.5) is 0 Å². The van der Waals surface area contributed by atoms with Crippen molar-refractivity contribution >= 4 is 12.6 Å². The standard InChI is InChI=1S/C7H13BN2O4/c1-13-7(14-2)5-10-4-6(3-9-10)8(11)12/h3-4,7,11-12H,5H2,1-2H3. The van der Waals surface area contributed by atoms with Gasteiger partial charge in [-0.3, -0.25) is 4.68 Å². The first kappa shape index (κ1) is 11.2. The van der Waals surface area contributed by atoms with E-state index in [4.69, 9.17) is 19.5 Å². The van der Waals surface area contributed by atoms with Crippen LogP contribution in [-0.2, 0) is 16.0 Å². The van der Waals surface area contributed by atoms with Crippen molar-refractivity contribution < 1.29 is 19.5 Å². The van der Waals surface area contributed by atoms with Gasteiger partial charge in [0.05, 0.1) is 6.54 Å². The van der Waals surface area contributed by atoms with Crippen LogP contribution in [0.3, 0.4) is 0 Å². The third-order valence-electron chi connectivity index (χ3n) is 1.81. The Balaban J connectivity index is 2.58. The van der Waals surface area contributed by atoms with Crippen molar-refractivity contribution in [2.24, 2.45) is 0 Å². The minimum absolute atomic E-state index is 0.343. The maximum absolute atomic E-state index is 8.83. The number of ether oxygens (including phenoxy) is 2. The molecule has 78 valence electrons. The summed E-state index contributed by atoms with van der Waals surface area (Å²) in [4.78, 5) is 0. The molecule has 0 spiro atoms. The Hall–Kier alpha value is -0.885. The first-order valence-corrected chi connectivity index (χ1v) is 4.11. The number of hydrogen-bond acceptors (Lipinski definition) is 5. The fraction of sp³-hybridized carbons (Fsp3) is 0.571. The predicted molar refractivity (Wildman–Crippen MR) is 49.9 cm³/mol. The molecule has 0 bridgehead atoms. The van der Waals surface area contributed by atoms with Gasteiger partial charge in [0.15, 0.2) is 6.29 Å². The third-order valence-corrected chi connectivity index (χ3v) is 1.81. The van der Waals surface area contributed by atoms with Crippen LogP contribution in [0.25, 0.3) is 0 Å². The highest BCUT2D eigenvalue weighted by Gasteiger charge is 2.14. The first-order chi connectivity index (χ1) is 6.67. The van der Waals surface area contributed by atoms with Gasteiger partial charge in [0.2, 0.25) is 0 Å². The Morgan fingerprint density at radius 2 is 2.14 bits per heavy atom. The van der Waals surface area contributed by atoms with Crippen LogP contribution in [0.2, 0.25) is 0 Å². The summed E-state index contributed by atoms with van der Waals surface area (Å²) in [5.41, 5.74) is 0.343. The highest BCUT2D eigenvalue weighted by molar-refractivity contribution is 6.58. The number of rotatable bonds is 5. The fourth-order valence-corrected chi connectivity index (χ4v) is 1.01. The predicted octanol–water partition coefficient (Wildman–Crippen LogP) is -1.82. The molecule has 14 heavy (non-hydrogen) atoms. The summed E-state index contributed by atoms with van der Waals surface area (Å²) >= 11 is 0. The summed E-state index contributed by atoms with van der Waals surface area (Å²) < 4.78 is 11.5. The molecule has 0 radical (unpaired) electrons. The van der Waals surface area contributed by atoms with Crippen molar-refractivity contribution in [3.8, 4) is 0 Å². The topological polar surface area (TPSA) is 76.7 Å². The first-order valence-electron chi connectivity index (χ1n) is 4.11. The van der Waals surface area contributed by atoms with Crippen LogP contribution in [0, 0.1) is 0 Å². The second-order valence-electron chi connectivity index (χ2n) is 2.77. The van der Waals surface area contributed by atoms with Gasteiger partial charge in [-0.25, -0.2) is 0 Å². The highest BCUT2D eigenvalue weighted by Crippen LogP contribution is 1.95. The molecular formula is C7H13BN2O4. The van der Waals surface area contributed by atoms with Crippen LogP contribution >= 0.6 is 0 Å². The number of methoxy groups -OCH3 is 2. The van der Waals surface area contributed by atoms with E-state index in [0.29, 0.717) is 12.0 Å². The molecule has 1 heterocycles. The molecule has 0 unspecified atom stereocenters. The maximum Gasteiger partial charge on any atom is 0.491 e. The molecule has 0 amide bonds. The quantitative estimate of drug-likeness (QED) is 0.432. The van der Waals surface area contributed by atoms with Crippen LogP contribution in [0.15, 0.2) is 12.4 Å². The van der Waals surface area contributed by atoms with Crippen molar-refractivity contribution in [1.82, 2.24) is 9.78 Å². The lowest BCUT2D eigenvalue weighted by atomic mass is 9.83. The van der Waals surface area contributed by atoms with E-state index in [2.05, 4.69) is 5.10 Å². The zero-order valence-electron chi connectivity index (χ0n) is 8.12. The molecule has 0 aliphatic heterocycles. The number of aromatic nitrogens is 2. The molecule has 1 rings (SSSR count). The fourth-order valence-electron chi connectivity index (χ4n) is 1.01. The van der Waals surface area contributed by atoms with Crippen molar-refractivity contribution in [1.29, 1.82) is 0 Å². The molecule has 0 atom stereocenters. The average Bonchev–Trinajstić information content (AvgIpc) is 2.62. The summed E-state index contributed by atoms with van der Waals surface area (Å²) in [7, 11) is 1.56. The smallest absolute Gasteiger partial charge is 0.423 e. The summed E-state index contributed by atoms with van der Waals surface area (Å²) in [5.74, 6) is 0. The summed E-state index contributed by atoms with van der Waals surface area (Å²) in [6.07, 6.45) is 2.52. The molecular weight excluding hydrogens is 187 g/mol. The highest BCUT2D eigenvalue weighted by atomic mass is 16.7. The third kappa shape index (κ3) is 2.81. The van der Waals surface area contributed by atoms with Gasteiger partial charge in [-0.15, -0.1) is 0 Å².